The first-order chi connectivity index (χ1) is 6.40. The van der Waals surface area contributed by atoms with Gasteiger partial charge in [0.1, 0.15) is 0 Å². The summed E-state index contributed by atoms with van der Waals surface area (Å²) in [5.41, 5.74) is 3.51. The Bertz CT molecular complexity index is 337. The average molecular weight is 195 g/mol. The number of hydrazine groups is 1. The molecule has 0 radical (unpaired) electrons. The minimum atomic E-state index is 0.756. The fraction of sp³-hybridized carbons (Fsp3) is 0.222. The molecule has 0 amide bonds. The molecule has 13 heavy (non-hydrogen) atoms. The summed E-state index contributed by atoms with van der Waals surface area (Å²) in [6.07, 6.45) is 0. The Hall–Kier alpha value is -1.13. The minimum Gasteiger partial charge on any atom is -0.300 e. The Morgan fingerprint density at radius 1 is 1.31 bits per heavy atom. The second kappa shape index (κ2) is 4.79. The summed E-state index contributed by atoms with van der Waals surface area (Å²) < 4.78 is 1.15. The highest BCUT2D eigenvalue weighted by Crippen LogP contribution is 2.24. The van der Waals surface area contributed by atoms with E-state index in [9.17, 15) is 0 Å². The number of benzene rings is 1. The Labute approximate surface area is 81.6 Å². The fourth-order valence-corrected chi connectivity index (χ4v) is 1.71. The SMILES string of the molecule is CC.NNc1nc2ccccc2s1. The molecule has 0 fully saturated rings. The predicted molar refractivity (Wildman–Crippen MR) is 58.8 cm³/mol. The number of nitrogen functional groups attached to an aromatic ring is 1. The van der Waals surface area contributed by atoms with Crippen molar-refractivity contribution < 1.29 is 0 Å². The lowest BCUT2D eigenvalue weighted by molar-refractivity contribution is 1.31. The van der Waals surface area contributed by atoms with Crippen LogP contribution in [0.3, 0.4) is 0 Å². The summed E-state index contributed by atoms with van der Waals surface area (Å²) in [7, 11) is 0. The van der Waals surface area contributed by atoms with Crippen molar-refractivity contribution >= 4 is 26.7 Å². The monoisotopic (exact) mass is 195 g/mol. The van der Waals surface area contributed by atoms with E-state index in [1.807, 2.05) is 38.1 Å². The number of para-hydroxylation sites is 1. The molecule has 4 heteroatoms. The summed E-state index contributed by atoms with van der Waals surface area (Å²) >= 11 is 1.55. The lowest BCUT2D eigenvalue weighted by Gasteiger charge is -1.85. The Balaban J connectivity index is 0.000000396. The molecule has 70 valence electrons. The number of hydrogen-bond acceptors (Lipinski definition) is 4. The van der Waals surface area contributed by atoms with Gasteiger partial charge in [-0.2, -0.15) is 0 Å². The molecule has 0 bridgehead atoms. The third-order valence-electron chi connectivity index (χ3n) is 1.42. The third-order valence-corrected chi connectivity index (χ3v) is 2.38. The molecule has 3 N–H and O–H groups in total. The highest BCUT2D eigenvalue weighted by molar-refractivity contribution is 7.22. The van der Waals surface area contributed by atoms with Gasteiger partial charge in [-0.15, -0.1) is 0 Å². The number of nitrogens with two attached hydrogens (primary N) is 1. The fourth-order valence-electron chi connectivity index (χ4n) is 0.934. The zero-order valence-electron chi connectivity index (χ0n) is 7.74. The van der Waals surface area contributed by atoms with Crippen LogP contribution in [0, 0.1) is 0 Å². The first-order valence-electron chi connectivity index (χ1n) is 4.22. The van der Waals surface area contributed by atoms with Crippen molar-refractivity contribution in [3.05, 3.63) is 24.3 Å². The topological polar surface area (TPSA) is 50.9 Å². The molecule has 3 nitrogen and oxygen atoms in total. The zero-order valence-corrected chi connectivity index (χ0v) is 8.56. The molecule has 0 saturated heterocycles. The van der Waals surface area contributed by atoms with Gasteiger partial charge in [-0.05, 0) is 12.1 Å². The van der Waals surface area contributed by atoms with Gasteiger partial charge in [0.05, 0.1) is 10.2 Å². The standard InChI is InChI=1S/C7H7N3S.C2H6/c8-10-7-9-5-3-1-2-4-6(5)11-7;1-2/h1-4H,8H2,(H,9,10);1-2H3. The van der Waals surface area contributed by atoms with E-state index in [1.165, 1.54) is 0 Å². The van der Waals surface area contributed by atoms with Crippen molar-refractivity contribution in [1.29, 1.82) is 0 Å². The van der Waals surface area contributed by atoms with Crippen molar-refractivity contribution in [1.82, 2.24) is 4.98 Å². The van der Waals surface area contributed by atoms with Crippen molar-refractivity contribution in [2.45, 2.75) is 13.8 Å². The molecule has 1 heterocycles. The van der Waals surface area contributed by atoms with Crippen LogP contribution in [0.15, 0.2) is 24.3 Å². The van der Waals surface area contributed by atoms with E-state index in [0.717, 1.165) is 15.3 Å². The first kappa shape index (κ1) is 9.95. The van der Waals surface area contributed by atoms with Crippen LogP contribution in [0.5, 0.6) is 0 Å². The van der Waals surface area contributed by atoms with Crippen molar-refractivity contribution in [2.75, 3.05) is 5.43 Å². The number of aromatic nitrogens is 1. The molecule has 0 aliphatic rings. The molecule has 1 aromatic carbocycles. The largest absolute Gasteiger partial charge is 0.300 e. The molecule has 0 aliphatic carbocycles. The van der Waals surface area contributed by atoms with Gasteiger partial charge in [0.15, 0.2) is 5.13 Å². The van der Waals surface area contributed by atoms with E-state index >= 15 is 0 Å². The summed E-state index contributed by atoms with van der Waals surface area (Å²) in [5.74, 6) is 5.21. The van der Waals surface area contributed by atoms with E-state index in [0.29, 0.717) is 0 Å². The molecule has 1 aromatic heterocycles. The molecule has 2 aromatic rings. The van der Waals surface area contributed by atoms with Crippen LogP contribution in [-0.2, 0) is 0 Å². The van der Waals surface area contributed by atoms with E-state index < -0.39 is 0 Å². The van der Waals surface area contributed by atoms with Crippen LogP contribution in [0.1, 0.15) is 13.8 Å². The molecule has 0 aliphatic heterocycles. The highest BCUT2D eigenvalue weighted by atomic mass is 32.1. The van der Waals surface area contributed by atoms with E-state index in [1.54, 1.807) is 11.3 Å². The van der Waals surface area contributed by atoms with Crippen LogP contribution in [0.4, 0.5) is 5.13 Å². The molecule has 0 unspecified atom stereocenters. The van der Waals surface area contributed by atoms with Gasteiger partial charge in [0.2, 0.25) is 0 Å². The van der Waals surface area contributed by atoms with Gasteiger partial charge in [0, 0.05) is 0 Å². The number of nitrogens with zero attached hydrogens (tertiary/aromatic N) is 1. The summed E-state index contributed by atoms with van der Waals surface area (Å²) in [6, 6.07) is 7.93. The number of anilines is 1. The smallest absolute Gasteiger partial charge is 0.198 e. The highest BCUT2D eigenvalue weighted by Gasteiger charge is 1.98. The predicted octanol–water partition coefficient (Wildman–Crippen LogP) is 2.61. The van der Waals surface area contributed by atoms with Crippen molar-refractivity contribution in [2.24, 2.45) is 5.84 Å². The average Bonchev–Trinajstić information content (AvgIpc) is 2.63. The maximum absolute atomic E-state index is 5.21. The van der Waals surface area contributed by atoms with E-state index in [-0.39, 0.29) is 0 Å². The third kappa shape index (κ3) is 2.17. The van der Waals surface area contributed by atoms with Gasteiger partial charge in [-0.1, -0.05) is 37.3 Å². The number of thiazole rings is 1. The summed E-state index contributed by atoms with van der Waals surface area (Å²) in [6.45, 7) is 4.00. The summed E-state index contributed by atoms with van der Waals surface area (Å²) in [5, 5.41) is 0.756. The summed E-state index contributed by atoms with van der Waals surface area (Å²) in [4.78, 5) is 4.21. The van der Waals surface area contributed by atoms with Crippen molar-refractivity contribution in [3.63, 3.8) is 0 Å². The first-order valence-corrected chi connectivity index (χ1v) is 5.04. The molecule has 2 rings (SSSR count). The second-order valence-electron chi connectivity index (χ2n) is 2.13. The maximum atomic E-state index is 5.21. The zero-order chi connectivity index (χ0) is 9.68. The second-order valence-corrected chi connectivity index (χ2v) is 3.16. The van der Waals surface area contributed by atoms with Crippen LogP contribution in [0.2, 0.25) is 0 Å². The van der Waals surface area contributed by atoms with Gasteiger partial charge in [-0.3, -0.25) is 5.43 Å². The molecular formula is C9H13N3S. The van der Waals surface area contributed by atoms with E-state index in [2.05, 4.69) is 10.4 Å². The number of rotatable bonds is 1. The minimum absolute atomic E-state index is 0.756. The normalized spacial score (nSPS) is 9.15. The van der Waals surface area contributed by atoms with E-state index in [4.69, 9.17) is 5.84 Å². The van der Waals surface area contributed by atoms with Crippen LogP contribution >= 0.6 is 11.3 Å². The Kier molecular flexibility index (Phi) is 3.67. The lowest BCUT2D eigenvalue weighted by Crippen LogP contribution is -2.05. The lowest BCUT2D eigenvalue weighted by atomic mass is 10.3. The molecule has 0 spiro atoms. The molecular weight excluding hydrogens is 182 g/mol. The number of fused-ring (bicyclic) bond motifs is 1. The Morgan fingerprint density at radius 3 is 2.62 bits per heavy atom. The number of hydrogen-bond donors (Lipinski definition) is 2. The number of nitrogens with one attached hydrogen (secondary N) is 1. The van der Waals surface area contributed by atoms with Gasteiger partial charge < -0.3 is 0 Å². The van der Waals surface area contributed by atoms with Crippen molar-refractivity contribution in [3.8, 4) is 0 Å². The van der Waals surface area contributed by atoms with Gasteiger partial charge in [-0.25, -0.2) is 10.8 Å². The van der Waals surface area contributed by atoms with Crippen LogP contribution < -0.4 is 11.3 Å². The Morgan fingerprint density at radius 2 is 2.00 bits per heavy atom. The van der Waals surface area contributed by atoms with Gasteiger partial charge in [0.25, 0.3) is 0 Å². The molecule has 0 saturated carbocycles. The van der Waals surface area contributed by atoms with Gasteiger partial charge >= 0.3 is 0 Å². The van der Waals surface area contributed by atoms with Crippen LogP contribution in [0.25, 0.3) is 10.2 Å². The van der Waals surface area contributed by atoms with Crippen LogP contribution in [-0.4, -0.2) is 4.98 Å². The molecule has 0 atom stereocenters. The quantitative estimate of drug-likeness (QED) is 0.543. The maximum Gasteiger partial charge on any atom is 0.198 e.